The minimum absolute atomic E-state index is 0.467. The Labute approximate surface area is 153 Å². The second-order valence-electron chi connectivity index (χ2n) is 5.66. The Morgan fingerprint density at radius 2 is 1.92 bits per heavy atom. The third kappa shape index (κ3) is 3.48. The van der Waals surface area contributed by atoms with Crippen molar-refractivity contribution in [2.45, 2.75) is 12.5 Å². The molecule has 0 aliphatic heterocycles. The smallest absolute Gasteiger partial charge is 0.326 e. The van der Waals surface area contributed by atoms with Gasteiger partial charge in [0.25, 0.3) is 0 Å². The molecule has 1 atom stereocenters. The van der Waals surface area contributed by atoms with E-state index in [-0.39, 0.29) is 0 Å². The van der Waals surface area contributed by atoms with E-state index in [1.54, 1.807) is 36.4 Å². The molecule has 3 rings (SSSR count). The maximum atomic E-state index is 11.5. The summed E-state index contributed by atoms with van der Waals surface area (Å²) in [6.07, 6.45) is -0.571. The molecule has 0 saturated carbocycles. The standard InChI is InChI=1S/C18H15ClN2O5/c1-26-10-3-5-13-12(7-10)17(21-15(18(24)25)8-16(22)23)11-4-2-9(19)6-14(11)20-13/h2-7,15H,8H2,1H3,(H,20,21)(H,22,23)(H,24,25)/t15-/m1/s1. The number of carbonyl (C=O) groups is 2. The highest BCUT2D eigenvalue weighted by atomic mass is 35.5. The zero-order valence-corrected chi connectivity index (χ0v) is 14.4. The lowest BCUT2D eigenvalue weighted by molar-refractivity contribution is -0.144. The first-order valence-electron chi connectivity index (χ1n) is 7.67. The van der Waals surface area contributed by atoms with Gasteiger partial charge in [-0.15, -0.1) is 0 Å². The van der Waals surface area contributed by atoms with Crippen LogP contribution in [-0.2, 0) is 9.59 Å². The van der Waals surface area contributed by atoms with Crippen LogP contribution in [0.2, 0.25) is 5.02 Å². The van der Waals surface area contributed by atoms with E-state index < -0.39 is 24.4 Å². The van der Waals surface area contributed by atoms with Gasteiger partial charge in [-0.25, -0.2) is 9.78 Å². The first kappa shape index (κ1) is 17.8. The van der Waals surface area contributed by atoms with Crippen molar-refractivity contribution < 1.29 is 24.5 Å². The van der Waals surface area contributed by atoms with E-state index in [4.69, 9.17) is 21.4 Å². The van der Waals surface area contributed by atoms with Gasteiger partial charge in [-0.05, 0) is 36.4 Å². The number of aliphatic carboxylic acids is 2. The lowest BCUT2D eigenvalue weighted by atomic mass is 10.1. The van der Waals surface area contributed by atoms with Gasteiger partial charge in [-0.1, -0.05) is 11.6 Å². The van der Waals surface area contributed by atoms with Crippen molar-refractivity contribution in [1.82, 2.24) is 4.98 Å². The summed E-state index contributed by atoms with van der Waals surface area (Å²) in [4.78, 5) is 27.1. The van der Waals surface area contributed by atoms with Gasteiger partial charge in [0.2, 0.25) is 0 Å². The van der Waals surface area contributed by atoms with Crippen molar-refractivity contribution in [2.24, 2.45) is 0 Å². The van der Waals surface area contributed by atoms with Crippen molar-refractivity contribution in [3.63, 3.8) is 0 Å². The molecule has 0 aliphatic rings. The number of fused-ring (bicyclic) bond motifs is 2. The molecule has 0 spiro atoms. The predicted molar refractivity (Wildman–Crippen MR) is 98.1 cm³/mol. The van der Waals surface area contributed by atoms with Crippen LogP contribution in [0.5, 0.6) is 5.75 Å². The number of carboxylic acids is 2. The van der Waals surface area contributed by atoms with E-state index in [2.05, 4.69) is 10.3 Å². The Bertz CT molecular complexity index is 1020. The number of rotatable bonds is 6. The summed E-state index contributed by atoms with van der Waals surface area (Å²) in [7, 11) is 1.52. The SMILES string of the molecule is COc1ccc2nc3cc(Cl)ccc3c(N[C@H](CC(=O)O)C(=O)O)c2c1. The number of benzene rings is 2. The Morgan fingerprint density at radius 1 is 1.15 bits per heavy atom. The van der Waals surface area contributed by atoms with E-state index in [1.165, 1.54) is 7.11 Å². The van der Waals surface area contributed by atoms with E-state index in [1.807, 2.05) is 0 Å². The summed E-state index contributed by atoms with van der Waals surface area (Å²) < 4.78 is 5.24. The quantitative estimate of drug-likeness (QED) is 0.567. The minimum Gasteiger partial charge on any atom is -0.497 e. The van der Waals surface area contributed by atoms with Crippen molar-refractivity contribution in [1.29, 1.82) is 0 Å². The number of aromatic nitrogens is 1. The average Bonchev–Trinajstić information content (AvgIpc) is 2.59. The van der Waals surface area contributed by atoms with Gasteiger partial charge >= 0.3 is 11.9 Å². The molecule has 0 unspecified atom stereocenters. The fourth-order valence-electron chi connectivity index (χ4n) is 2.73. The lowest BCUT2D eigenvalue weighted by Gasteiger charge is -2.18. The van der Waals surface area contributed by atoms with Gasteiger partial charge in [0, 0.05) is 15.8 Å². The van der Waals surface area contributed by atoms with Crippen LogP contribution in [0.3, 0.4) is 0 Å². The second kappa shape index (κ2) is 7.05. The van der Waals surface area contributed by atoms with Crippen LogP contribution in [0.4, 0.5) is 5.69 Å². The maximum absolute atomic E-state index is 11.5. The Hall–Kier alpha value is -3.06. The number of ether oxygens (including phenoxy) is 1. The molecule has 3 N–H and O–H groups in total. The average molecular weight is 375 g/mol. The van der Waals surface area contributed by atoms with Crippen molar-refractivity contribution in [3.8, 4) is 5.75 Å². The number of hydrogen-bond acceptors (Lipinski definition) is 5. The highest BCUT2D eigenvalue weighted by Crippen LogP contribution is 2.34. The number of carboxylic acid groups (broad SMARTS) is 2. The molecule has 0 fully saturated rings. The van der Waals surface area contributed by atoms with Gasteiger partial charge in [0.15, 0.2) is 0 Å². The Balaban J connectivity index is 2.26. The molecule has 0 radical (unpaired) electrons. The molecule has 3 aromatic rings. The first-order valence-corrected chi connectivity index (χ1v) is 8.05. The zero-order chi connectivity index (χ0) is 18.8. The van der Waals surface area contributed by atoms with E-state index in [9.17, 15) is 14.7 Å². The number of nitrogens with one attached hydrogen (secondary N) is 1. The van der Waals surface area contributed by atoms with Crippen molar-refractivity contribution >= 4 is 51.0 Å². The highest BCUT2D eigenvalue weighted by molar-refractivity contribution is 6.31. The van der Waals surface area contributed by atoms with Gasteiger partial charge in [0.05, 0.1) is 30.3 Å². The zero-order valence-electron chi connectivity index (χ0n) is 13.7. The summed E-state index contributed by atoms with van der Waals surface area (Å²) in [5.41, 5.74) is 1.63. The largest absolute Gasteiger partial charge is 0.497 e. The highest BCUT2D eigenvalue weighted by Gasteiger charge is 2.23. The molecule has 0 saturated heterocycles. The Morgan fingerprint density at radius 3 is 2.58 bits per heavy atom. The molecule has 0 aliphatic carbocycles. The maximum Gasteiger partial charge on any atom is 0.326 e. The van der Waals surface area contributed by atoms with Crippen LogP contribution in [0, 0.1) is 0 Å². The van der Waals surface area contributed by atoms with Crippen LogP contribution < -0.4 is 10.1 Å². The molecule has 7 nitrogen and oxygen atoms in total. The number of anilines is 1. The number of hydrogen-bond donors (Lipinski definition) is 3. The summed E-state index contributed by atoms with van der Waals surface area (Å²) in [5.74, 6) is -1.91. The topological polar surface area (TPSA) is 109 Å². The molecular weight excluding hydrogens is 360 g/mol. The summed E-state index contributed by atoms with van der Waals surface area (Å²) in [6.45, 7) is 0. The number of methoxy groups -OCH3 is 1. The lowest BCUT2D eigenvalue weighted by Crippen LogP contribution is -2.32. The molecule has 26 heavy (non-hydrogen) atoms. The summed E-state index contributed by atoms with van der Waals surface area (Å²) >= 11 is 6.04. The number of halogens is 1. The molecular formula is C18H15ClN2O5. The molecule has 8 heteroatoms. The summed E-state index contributed by atoms with van der Waals surface area (Å²) in [6, 6.07) is 8.94. The monoisotopic (exact) mass is 374 g/mol. The van der Waals surface area contributed by atoms with Crippen LogP contribution in [0.15, 0.2) is 36.4 Å². The third-order valence-electron chi connectivity index (χ3n) is 3.94. The molecule has 1 aromatic heterocycles. The third-order valence-corrected chi connectivity index (χ3v) is 4.17. The van der Waals surface area contributed by atoms with Crippen LogP contribution in [-0.4, -0.2) is 40.3 Å². The van der Waals surface area contributed by atoms with E-state index in [0.717, 1.165) is 0 Å². The predicted octanol–water partition coefficient (Wildman–Crippen LogP) is 3.39. The van der Waals surface area contributed by atoms with E-state index in [0.29, 0.717) is 38.3 Å². The van der Waals surface area contributed by atoms with Gasteiger partial charge < -0.3 is 20.3 Å². The fraction of sp³-hybridized carbons (Fsp3) is 0.167. The molecule has 0 bridgehead atoms. The number of nitrogens with zero attached hydrogens (tertiary/aromatic N) is 1. The molecule has 0 amide bonds. The molecule has 1 heterocycles. The van der Waals surface area contributed by atoms with Gasteiger partial charge in [0.1, 0.15) is 11.8 Å². The fourth-order valence-corrected chi connectivity index (χ4v) is 2.89. The van der Waals surface area contributed by atoms with Gasteiger partial charge in [-0.3, -0.25) is 4.79 Å². The number of pyridine rings is 1. The van der Waals surface area contributed by atoms with Crippen LogP contribution in [0.25, 0.3) is 21.8 Å². The Kier molecular flexibility index (Phi) is 4.81. The minimum atomic E-state index is -1.30. The van der Waals surface area contributed by atoms with Crippen LogP contribution in [0.1, 0.15) is 6.42 Å². The summed E-state index contributed by atoms with van der Waals surface area (Å²) in [5, 5.41) is 23.0. The molecule has 2 aromatic carbocycles. The normalized spacial score (nSPS) is 12.1. The second-order valence-corrected chi connectivity index (χ2v) is 6.10. The molecule has 134 valence electrons. The van der Waals surface area contributed by atoms with Gasteiger partial charge in [-0.2, -0.15) is 0 Å². The van der Waals surface area contributed by atoms with Crippen LogP contribution >= 0.6 is 11.6 Å². The first-order chi connectivity index (χ1) is 12.4. The van der Waals surface area contributed by atoms with E-state index >= 15 is 0 Å². The van der Waals surface area contributed by atoms with Crippen molar-refractivity contribution in [2.75, 3.05) is 12.4 Å². The van der Waals surface area contributed by atoms with Crippen molar-refractivity contribution in [3.05, 3.63) is 41.4 Å².